The van der Waals surface area contributed by atoms with E-state index < -0.39 is 5.97 Å². The number of hydrogen-bond donors (Lipinski definition) is 2. The lowest BCUT2D eigenvalue weighted by Crippen LogP contribution is -2.42. The highest BCUT2D eigenvalue weighted by Crippen LogP contribution is 2.21. The summed E-state index contributed by atoms with van der Waals surface area (Å²) in [5, 5.41) is 1.75. The molecule has 0 aliphatic carbocycles. The van der Waals surface area contributed by atoms with E-state index in [0.29, 0.717) is 23.5 Å². The Kier molecular flexibility index (Phi) is 6.87. The molecule has 0 atom stereocenters. The fourth-order valence-corrected chi connectivity index (χ4v) is 3.44. The molecule has 7 heteroatoms. The molecular formula is C24H25N3O4. The number of amides is 1. The highest BCUT2D eigenvalue weighted by Gasteiger charge is 2.25. The second-order valence-electron chi connectivity index (χ2n) is 7.15. The molecule has 7 nitrogen and oxygen atoms in total. The Morgan fingerprint density at radius 2 is 1.61 bits per heavy atom. The topological polar surface area (TPSA) is 91.5 Å². The van der Waals surface area contributed by atoms with Gasteiger partial charge in [0.1, 0.15) is 0 Å². The number of esters is 1. The first-order valence-electron chi connectivity index (χ1n) is 9.87. The highest BCUT2D eigenvalue weighted by atomic mass is 16.5. The van der Waals surface area contributed by atoms with Gasteiger partial charge < -0.3 is 9.72 Å². The van der Waals surface area contributed by atoms with Crippen molar-refractivity contribution in [3.8, 4) is 0 Å². The van der Waals surface area contributed by atoms with Crippen LogP contribution in [-0.4, -0.2) is 29.8 Å². The molecule has 0 bridgehead atoms. The van der Waals surface area contributed by atoms with E-state index in [2.05, 4.69) is 10.4 Å². The van der Waals surface area contributed by atoms with Gasteiger partial charge in [0, 0.05) is 12.6 Å². The summed E-state index contributed by atoms with van der Waals surface area (Å²) in [6.45, 7) is 3.52. The number of rotatable bonds is 8. The molecule has 0 saturated carbocycles. The van der Waals surface area contributed by atoms with Crippen molar-refractivity contribution in [2.45, 2.75) is 26.8 Å². The fraction of sp³-hybridized carbons (Fsp3) is 0.208. The zero-order valence-electron chi connectivity index (χ0n) is 17.8. The van der Waals surface area contributed by atoms with Gasteiger partial charge in [-0.2, -0.15) is 0 Å². The van der Waals surface area contributed by atoms with Crippen molar-refractivity contribution in [3.63, 3.8) is 0 Å². The number of Topliss-reactive ketones (excluding diaryl/α,β-unsaturated/α-hetero) is 1. The predicted octanol–water partition coefficient (Wildman–Crippen LogP) is 3.59. The normalized spacial score (nSPS) is 10.4. The third-order valence-corrected chi connectivity index (χ3v) is 4.92. The number of hydrogen-bond acceptors (Lipinski definition) is 5. The minimum Gasteiger partial charge on any atom is -0.465 e. The Labute approximate surface area is 181 Å². The van der Waals surface area contributed by atoms with Crippen molar-refractivity contribution in [3.05, 3.63) is 88.7 Å². The minimum absolute atomic E-state index is 0.114. The smallest absolute Gasteiger partial charge is 0.339 e. The van der Waals surface area contributed by atoms with E-state index in [1.165, 1.54) is 14.0 Å². The maximum atomic E-state index is 12.9. The molecule has 1 heterocycles. The van der Waals surface area contributed by atoms with Crippen molar-refractivity contribution >= 4 is 23.3 Å². The van der Waals surface area contributed by atoms with Crippen LogP contribution in [0, 0.1) is 6.92 Å². The first-order valence-corrected chi connectivity index (χ1v) is 9.87. The van der Waals surface area contributed by atoms with E-state index in [1.807, 2.05) is 60.7 Å². The van der Waals surface area contributed by atoms with Gasteiger partial charge in [0.05, 0.1) is 37.0 Å². The molecule has 0 aliphatic heterocycles. The Morgan fingerprint density at radius 1 is 1.00 bits per heavy atom. The van der Waals surface area contributed by atoms with Crippen LogP contribution in [0.4, 0.5) is 5.69 Å². The van der Waals surface area contributed by atoms with Gasteiger partial charge in [-0.25, -0.2) is 4.79 Å². The SMILES string of the molecule is COC(=O)c1c(CC(=O)NN(Cc2ccccc2)c2ccccc2)[nH]c(C(C)=O)c1C. The molecule has 0 fully saturated rings. The standard InChI is InChI=1S/C24H25N3O4/c1-16-22(24(30)31-3)20(25-23(16)17(2)28)14-21(29)26-27(19-12-8-5-9-13-19)15-18-10-6-4-7-11-18/h4-13,25H,14-15H2,1-3H3,(H,26,29). The summed E-state index contributed by atoms with van der Waals surface area (Å²) in [5.74, 6) is -1.14. The minimum atomic E-state index is -0.590. The molecule has 2 N–H and O–H groups in total. The highest BCUT2D eigenvalue weighted by molar-refractivity contribution is 6.01. The molecule has 1 aromatic heterocycles. The molecule has 0 radical (unpaired) electrons. The second-order valence-corrected chi connectivity index (χ2v) is 7.15. The second kappa shape index (κ2) is 9.75. The summed E-state index contributed by atoms with van der Waals surface area (Å²) < 4.78 is 4.85. The van der Waals surface area contributed by atoms with Gasteiger partial charge in [-0.1, -0.05) is 48.5 Å². The van der Waals surface area contributed by atoms with Gasteiger partial charge in [0.2, 0.25) is 5.91 Å². The van der Waals surface area contributed by atoms with E-state index in [-0.39, 0.29) is 23.7 Å². The number of carbonyl (C=O) groups is 3. The number of para-hydroxylation sites is 1. The molecule has 0 aliphatic rings. The molecule has 160 valence electrons. The zero-order chi connectivity index (χ0) is 22.4. The summed E-state index contributed by atoms with van der Waals surface area (Å²) in [4.78, 5) is 40.0. The van der Waals surface area contributed by atoms with Crippen LogP contribution in [0.25, 0.3) is 0 Å². The predicted molar refractivity (Wildman–Crippen MR) is 118 cm³/mol. The Bertz CT molecular complexity index is 1070. The monoisotopic (exact) mass is 419 g/mol. The molecule has 3 rings (SSSR count). The van der Waals surface area contributed by atoms with Crippen LogP contribution in [0.2, 0.25) is 0 Å². The number of anilines is 1. The van der Waals surface area contributed by atoms with E-state index in [1.54, 1.807) is 11.9 Å². The van der Waals surface area contributed by atoms with E-state index in [9.17, 15) is 14.4 Å². The number of benzene rings is 2. The maximum Gasteiger partial charge on any atom is 0.339 e. The Balaban J connectivity index is 1.85. The summed E-state index contributed by atoms with van der Waals surface area (Å²) in [7, 11) is 1.27. The van der Waals surface area contributed by atoms with Gasteiger partial charge in [-0.3, -0.25) is 20.0 Å². The fourth-order valence-electron chi connectivity index (χ4n) is 3.44. The number of carbonyl (C=O) groups excluding carboxylic acids is 3. The first-order chi connectivity index (χ1) is 14.9. The number of aromatic nitrogens is 1. The largest absolute Gasteiger partial charge is 0.465 e. The number of ether oxygens (including phenoxy) is 1. The molecule has 0 spiro atoms. The van der Waals surface area contributed by atoms with Crippen LogP contribution >= 0.6 is 0 Å². The van der Waals surface area contributed by atoms with E-state index >= 15 is 0 Å². The molecule has 1 amide bonds. The van der Waals surface area contributed by atoms with Gasteiger partial charge in [-0.05, 0) is 30.2 Å². The summed E-state index contributed by atoms with van der Waals surface area (Å²) in [6.07, 6.45) is -0.114. The van der Waals surface area contributed by atoms with Crippen molar-refractivity contribution in [2.75, 3.05) is 12.1 Å². The number of nitrogens with zero attached hydrogens (tertiary/aromatic N) is 1. The van der Waals surface area contributed by atoms with Crippen LogP contribution < -0.4 is 10.4 Å². The number of aromatic amines is 1. The third-order valence-electron chi connectivity index (χ3n) is 4.92. The molecule has 0 unspecified atom stereocenters. The average molecular weight is 419 g/mol. The number of H-pyrrole nitrogens is 1. The lowest BCUT2D eigenvalue weighted by molar-refractivity contribution is -0.120. The Hall–Kier alpha value is -3.87. The molecule has 0 saturated heterocycles. The summed E-state index contributed by atoms with van der Waals surface area (Å²) in [5.41, 5.74) is 6.10. The Morgan fingerprint density at radius 3 is 2.19 bits per heavy atom. The number of nitrogens with one attached hydrogen (secondary N) is 2. The lowest BCUT2D eigenvalue weighted by Gasteiger charge is -2.25. The van der Waals surface area contributed by atoms with Crippen molar-refractivity contribution in [1.29, 1.82) is 0 Å². The quantitative estimate of drug-likeness (QED) is 0.331. The third kappa shape index (κ3) is 5.19. The molecule has 31 heavy (non-hydrogen) atoms. The number of methoxy groups -OCH3 is 1. The first kappa shape index (κ1) is 21.8. The van der Waals surface area contributed by atoms with Crippen LogP contribution in [0.3, 0.4) is 0 Å². The van der Waals surface area contributed by atoms with Crippen LogP contribution in [0.1, 0.15) is 44.6 Å². The molecule has 2 aromatic carbocycles. The van der Waals surface area contributed by atoms with E-state index in [0.717, 1.165) is 11.3 Å². The van der Waals surface area contributed by atoms with Crippen molar-refractivity contribution in [2.24, 2.45) is 0 Å². The van der Waals surface area contributed by atoms with Crippen molar-refractivity contribution in [1.82, 2.24) is 10.4 Å². The summed E-state index contributed by atoms with van der Waals surface area (Å²) in [6, 6.07) is 19.2. The van der Waals surface area contributed by atoms with E-state index in [4.69, 9.17) is 4.74 Å². The summed E-state index contributed by atoms with van der Waals surface area (Å²) >= 11 is 0. The number of ketones is 1. The maximum absolute atomic E-state index is 12.9. The molecular weight excluding hydrogens is 394 g/mol. The van der Waals surface area contributed by atoms with Gasteiger partial charge in [0.15, 0.2) is 5.78 Å². The van der Waals surface area contributed by atoms with Crippen LogP contribution in [0.5, 0.6) is 0 Å². The van der Waals surface area contributed by atoms with Gasteiger partial charge >= 0.3 is 5.97 Å². The molecule has 3 aromatic rings. The lowest BCUT2D eigenvalue weighted by atomic mass is 10.1. The van der Waals surface area contributed by atoms with Gasteiger partial charge in [-0.15, -0.1) is 0 Å². The van der Waals surface area contributed by atoms with Crippen molar-refractivity contribution < 1.29 is 19.1 Å². The average Bonchev–Trinajstić information content (AvgIpc) is 3.10. The van der Waals surface area contributed by atoms with Crippen LogP contribution in [0.15, 0.2) is 60.7 Å². The zero-order valence-corrected chi connectivity index (χ0v) is 17.8. The number of hydrazine groups is 1. The van der Waals surface area contributed by atoms with Gasteiger partial charge in [0.25, 0.3) is 0 Å². The van der Waals surface area contributed by atoms with Crippen LogP contribution in [-0.2, 0) is 22.5 Å².